The van der Waals surface area contributed by atoms with Crippen LogP contribution in [0.1, 0.15) is 30.4 Å². The van der Waals surface area contributed by atoms with Gasteiger partial charge in [-0.1, -0.05) is 48.0 Å². The normalized spacial score (nSPS) is 11.0. The summed E-state index contributed by atoms with van der Waals surface area (Å²) in [7, 11) is 0. The number of nitro benzene ring substituents is 1. The molecule has 1 N–H and O–H groups in total. The molecule has 0 aliphatic heterocycles. The Balaban J connectivity index is 1.41. The maximum Gasteiger partial charge on any atom is 0.331 e. The Morgan fingerprint density at radius 3 is 2.45 bits per heavy atom. The third-order valence-electron chi connectivity index (χ3n) is 6.28. The molecule has 0 aliphatic rings. The minimum Gasteiger partial charge on any atom is -0.356 e. The molecule has 0 bridgehead atoms. The number of carbonyl (C=O) groups is 1. The quantitative estimate of drug-likeness (QED) is 0.175. The van der Waals surface area contributed by atoms with E-state index in [2.05, 4.69) is 5.32 Å². The third-order valence-corrected chi connectivity index (χ3v) is 6.53. The Bertz CT molecular complexity index is 1580. The summed E-state index contributed by atoms with van der Waals surface area (Å²) in [6, 6.07) is 20.3. The monoisotopic (exact) mass is 534 g/mol. The predicted molar refractivity (Wildman–Crippen MR) is 147 cm³/mol. The number of para-hydroxylation sites is 1. The van der Waals surface area contributed by atoms with E-state index in [4.69, 9.17) is 11.6 Å². The Hall–Kier alpha value is -4.24. The summed E-state index contributed by atoms with van der Waals surface area (Å²) >= 11 is 5.89. The average molecular weight is 535 g/mol. The zero-order valence-corrected chi connectivity index (χ0v) is 21.4. The van der Waals surface area contributed by atoms with Gasteiger partial charge < -0.3 is 5.32 Å². The smallest absolute Gasteiger partial charge is 0.331 e. The summed E-state index contributed by atoms with van der Waals surface area (Å²) in [5.41, 5.74) is 1.16. The van der Waals surface area contributed by atoms with Crippen molar-refractivity contribution in [1.29, 1.82) is 0 Å². The summed E-state index contributed by atoms with van der Waals surface area (Å²) in [6.45, 7) is 0.750. The molecule has 3 aromatic carbocycles. The van der Waals surface area contributed by atoms with Gasteiger partial charge >= 0.3 is 5.69 Å². The number of amides is 1. The summed E-state index contributed by atoms with van der Waals surface area (Å²) in [4.78, 5) is 49.4. The fourth-order valence-corrected chi connectivity index (χ4v) is 4.44. The van der Waals surface area contributed by atoms with Gasteiger partial charge in [0.2, 0.25) is 5.91 Å². The van der Waals surface area contributed by atoms with E-state index in [0.717, 1.165) is 5.56 Å². The summed E-state index contributed by atoms with van der Waals surface area (Å²) in [5.74, 6) is -0.0899. The zero-order chi connectivity index (χ0) is 27.1. The van der Waals surface area contributed by atoms with Gasteiger partial charge in [0, 0.05) is 36.7 Å². The molecular weight excluding hydrogens is 508 g/mol. The van der Waals surface area contributed by atoms with Crippen LogP contribution in [0.25, 0.3) is 10.9 Å². The van der Waals surface area contributed by atoms with E-state index in [1.807, 2.05) is 24.3 Å². The van der Waals surface area contributed by atoms with Crippen LogP contribution in [0, 0.1) is 10.1 Å². The van der Waals surface area contributed by atoms with Gasteiger partial charge in [0.25, 0.3) is 11.2 Å². The lowest BCUT2D eigenvalue weighted by Crippen LogP contribution is -2.40. The lowest BCUT2D eigenvalue weighted by molar-refractivity contribution is -0.384. The van der Waals surface area contributed by atoms with Crippen LogP contribution in [-0.4, -0.2) is 26.5 Å². The first kappa shape index (κ1) is 26.8. The summed E-state index contributed by atoms with van der Waals surface area (Å²) in [5, 5.41) is 15.1. The number of halogens is 1. The number of fused-ring (bicyclic) bond motifs is 1. The van der Waals surface area contributed by atoms with Crippen LogP contribution in [0.2, 0.25) is 5.02 Å². The first-order chi connectivity index (χ1) is 18.3. The number of aromatic nitrogens is 2. The topological polar surface area (TPSA) is 116 Å². The minimum absolute atomic E-state index is 0.0698. The van der Waals surface area contributed by atoms with Crippen molar-refractivity contribution in [3.8, 4) is 0 Å². The fraction of sp³-hybridized carbons (Fsp3) is 0.250. The van der Waals surface area contributed by atoms with E-state index in [-0.39, 0.29) is 31.1 Å². The molecule has 0 radical (unpaired) electrons. The molecular formula is C28H27ClN4O5. The molecule has 0 spiro atoms. The van der Waals surface area contributed by atoms with Gasteiger partial charge in [-0.3, -0.25) is 28.8 Å². The molecule has 9 nitrogen and oxygen atoms in total. The SMILES string of the molecule is O=C(CCCCn1c(=O)c2ccccc2n(Cc2cccc([N+](=O)[O-])c2)c1=O)NCCc1ccc(Cl)cc1. The molecule has 38 heavy (non-hydrogen) atoms. The van der Waals surface area contributed by atoms with Crippen LogP contribution >= 0.6 is 11.6 Å². The number of hydrogen-bond donors (Lipinski definition) is 1. The summed E-state index contributed by atoms with van der Waals surface area (Å²) < 4.78 is 2.64. The highest BCUT2D eigenvalue weighted by Gasteiger charge is 2.14. The van der Waals surface area contributed by atoms with Gasteiger partial charge in [-0.15, -0.1) is 0 Å². The number of benzene rings is 3. The number of carbonyl (C=O) groups excluding carboxylic acids is 1. The number of nitrogens with one attached hydrogen (secondary N) is 1. The van der Waals surface area contributed by atoms with E-state index >= 15 is 0 Å². The summed E-state index contributed by atoms with van der Waals surface area (Å²) in [6.07, 6.45) is 1.95. The highest BCUT2D eigenvalue weighted by Crippen LogP contribution is 2.16. The van der Waals surface area contributed by atoms with Crippen LogP contribution in [0.15, 0.2) is 82.4 Å². The van der Waals surface area contributed by atoms with Crippen molar-refractivity contribution in [2.45, 2.75) is 38.8 Å². The van der Waals surface area contributed by atoms with Crippen molar-refractivity contribution in [2.24, 2.45) is 0 Å². The Morgan fingerprint density at radius 2 is 1.68 bits per heavy atom. The number of hydrogen-bond acceptors (Lipinski definition) is 5. The highest BCUT2D eigenvalue weighted by atomic mass is 35.5. The van der Waals surface area contributed by atoms with Crippen LogP contribution in [0.5, 0.6) is 0 Å². The van der Waals surface area contributed by atoms with Crippen LogP contribution in [0.3, 0.4) is 0 Å². The third kappa shape index (κ3) is 6.54. The molecule has 196 valence electrons. The molecule has 1 heterocycles. The fourth-order valence-electron chi connectivity index (χ4n) is 4.31. The first-order valence-electron chi connectivity index (χ1n) is 12.3. The second-order valence-electron chi connectivity index (χ2n) is 8.95. The molecule has 0 aliphatic carbocycles. The first-order valence-corrected chi connectivity index (χ1v) is 12.7. The number of unbranched alkanes of at least 4 members (excludes halogenated alkanes) is 1. The second-order valence-corrected chi connectivity index (χ2v) is 9.39. The average Bonchev–Trinajstić information content (AvgIpc) is 2.92. The van der Waals surface area contributed by atoms with Crippen LogP contribution in [0.4, 0.5) is 5.69 Å². The van der Waals surface area contributed by atoms with Gasteiger partial charge in [-0.2, -0.15) is 0 Å². The van der Waals surface area contributed by atoms with E-state index in [1.165, 1.54) is 21.3 Å². The Labute approximate surface area is 223 Å². The van der Waals surface area contributed by atoms with E-state index in [9.17, 15) is 24.5 Å². The predicted octanol–water partition coefficient (Wildman–Crippen LogP) is 4.30. The molecule has 0 atom stereocenters. The van der Waals surface area contributed by atoms with E-state index in [0.29, 0.717) is 47.3 Å². The molecule has 4 aromatic rings. The molecule has 10 heteroatoms. The molecule has 0 saturated carbocycles. The van der Waals surface area contributed by atoms with E-state index < -0.39 is 16.2 Å². The zero-order valence-electron chi connectivity index (χ0n) is 20.6. The Kier molecular flexibility index (Phi) is 8.70. The van der Waals surface area contributed by atoms with Gasteiger partial charge in [0.05, 0.1) is 22.4 Å². The lowest BCUT2D eigenvalue weighted by atomic mass is 10.1. The van der Waals surface area contributed by atoms with Crippen molar-refractivity contribution in [1.82, 2.24) is 14.5 Å². The maximum atomic E-state index is 13.4. The molecule has 4 rings (SSSR count). The van der Waals surface area contributed by atoms with Gasteiger partial charge in [0.15, 0.2) is 0 Å². The van der Waals surface area contributed by atoms with Crippen molar-refractivity contribution in [2.75, 3.05) is 6.54 Å². The number of nitrogens with zero attached hydrogens (tertiary/aromatic N) is 3. The van der Waals surface area contributed by atoms with Gasteiger partial charge in [0.1, 0.15) is 0 Å². The van der Waals surface area contributed by atoms with Crippen LogP contribution in [-0.2, 0) is 24.3 Å². The van der Waals surface area contributed by atoms with Gasteiger partial charge in [-0.05, 0) is 54.7 Å². The molecule has 0 fully saturated rings. The number of nitro groups is 1. The highest BCUT2D eigenvalue weighted by molar-refractivity contribution is 6.30. The molecule has 0 saturated heterocycles. The maximum absolute atomic E-state index is 13.4. The molecule has 0 unspecified atom stereocenters. The standard InChI is InChI=1S/C28H27ClN4O5/c29-22-13-11-20(12-14-22)15-16-30-26(34)10-3-4-17-31-27(35)24-8-1-2-9-25(24)32(28(31)36)19-21-6-5-7-23(18-21)33(37)38/h1-2,5-9,11-14,18H,3-4,10,15-17,19H2,(H,30,34). The van der Waals surface area contributed by atoms with Crippen molar-refractivity contribution >= 4 is 34.1 Å². The molecule has 1 aromatic heterocycles. The Morgan fingerprint density at radius 1 is 0.921 bits per heavy atom. The largest absolute Gasteiger partial charge is 0.356 e. The van der Waals surface area contributed by atoms with E-state index in [1.54, 1.807) is 36.4 Å². The van der Waals surface area contributed by atoms with Gasteiger partial charge in [-0.25, -0.2) is 4.79 Å². The molecule has 1 amide bonds. The van der Waals surface area contributed by atoms with Crippen molar-refractivity contribution in [3.05, 3.63) is 120 Å². The second kappa shape index (κ2) is 12.3. The minimum atomic E-state index is -0.493. The number of rotatable bonds is 11. The lowest BCUT2D eigenvalue weighted by Gasteiger charge is -2.14. The number of non-ortho nitro benzene ring substituents is 1. The van der Waals surface area contributed by atoms with Crippen molar-refractivity contribution < 1.29 is 9.72 Å². The van der Waals surface area contributed by atoms with Crippen LogP contribution < -0.4 is 16.6 Å². The van der Waals surface area contributed by atoms with Crippen molar-refractivity contribution in [3.63, 3.8) is 0 Å².